The fourth-order valence-corrected chi connectivity index (χ4v) is 1.47. The van der Waals surface area contributed by atoms with Gasteiger partial charge in [-0.1, -0.05) is 11.2 Å². The maximum atomic E-state index is 5.45. The highest BCUT2D eigenvalue weighted by Crippen LogP contribution is 2.24. The van der Waals surface area contributed by atoms with Crippen LogP contribution in [0.25, 0.3) is 22.2 Å². The molecule has 0 aliphatic heterocycles. The molecule has 2 aromatic heterocycles. The molecule has 0 bridgehead atoms. The Balaban J connectivity index is 2.21. The summed E-state index contributed by atoms with van der Waals surface area (Å²) in [5, 5.41) is 3.64. The largest absolute Gasteiger partial charge is 0.424 e. The summed E-state index contributed by atoms with van der Waals surface area (Å²) in [5.41, 5.74) is 8.72. The zero-order chi connectivity index (χ0) is 10.3. The van der Waals surface area contributed by atoms with Crippen LogP contribution in [0.1, 0.15) is 0 Å². The Morgan fingerprint density at radius 3 is 2.93 bits per heavy atom. The minimum atomic E-state index is 0.174. The van der Waals surface area contributed by atoms with Gasteiger partial charge in [0.1, 0.15) is 11.8 Å². The molecule has 0 aliphatic rings. The second kappa shape index (κ2) is 2.84. The van der Waals surface area contributed by atoms with Gasteiger partial charge in [0.15, 0.2) is 5.58 Å². The molecule has 0 unspecified atom stereocenters. The Kier molecular flexibility index (Phi) is 1.53. The normalized spacial score (nSPS) is 10.9. The van der Waals surface area contributed by atoms with E-state index in [0.29, 0.717) is 5.58 Å². The molecule has 0 amide bonds. The minimum absolute atomic E-state index is 0.174. The first kappa shape index (κ1) is 8.05. The van der Waals surface area contributed by atoms with Crippen molar-refractivity contribution in [1.29, 1.82) is 0 Å². The van der Waals surface area contributed by atoms with Crippen molar-refractivity contribution in [2.75, 3.05) is 5.73 Å². The van der Waals surface area contributed by atoms with E-state index in [2.05, 4.69) is 10.1 Å². The first-order valence-corrected chi connectivity index (χ1v) is 4.39. The van der Waals surface area contributed by atoms with Crippen LogP contribution in [0.5, 0.6) is 0 Å². The zero-order valence-corrected chi connectivity index (χ0v) is 7.68. The summed E-state index contributed by atoms with van der Waals surface area (Å²) in [5.74, 6) is 0. The Labute approximate surface area is 84.5 Å². The minimum Gasteiger partial charge on any atom is -0.424 e. The van der Waals surface area contributed by atoms with Crippen molar-refractivity contribution < 1.29 is 8.94 Å². The number of nitrogens with zero attached hydrogens (tertiary/aromatic N) is 2. The zero-order valence-electron chi connectivity index (χ0n) is 7.68. The van der Waals surface area contributed by atoms with E-state index in [9.17, 15) is 0 Å². The Hall–Kier alpha value is -2.30. The second-order valence-electron chi connectivity index (χ2n) is 3.15. The lowest BCUT2D eigenvalue weighted by Gasteiger charge is -1.93. The Morgan fingerprint density at radius 2 is 2.13 bits per heavy atom. The van der Waals surface area contributed by atoms with Crippen molar-refractivity contribution in [2.45, 2.75) is 0 Å². The molecule has 2 heterocycles. The van der Waals surface area contributed by atoms with Crippen molar-refractivity contribution in [1.82, 2.24) is 10.1 Å². The van der Waals surface area contributed by atoms with Gasteiger partial charge in [0.05, 0.1) is 6.20 Å². The lowest BCUT2D eigenvalue weighted by Crippen LogP contribution is -1.80. The molecule has 0 saturated heterocycles. The molecule has 3 aromatic rings. The van der Waals surface area contributed by atoms with E-state index in [1.54, 1.807) is 12.5 Å². The monoisotopic (exact) mass is 201 g/mol. The molecule has 5 nitrogen and oxygen atoms in total. The molecule has 0 atom stereocenters. The summed E-state index contributed by atoms with van der Waals surface area (Å²) in [6, 6.07) is 5.77. The van der Waals surface area contributed by atoms with Crippen LogP contribution in [-0.2, 0) is 0 Å². The van der Waals surface area contributed by atoms with E-state index in [4.69, 9.17) is 14.7 Å². The van der Waals surface area contributed by atoms with Gasteiger partial charge in [-0.3, -0.25) is 0 Å². The van der Waals surface area contributed by atoms with Gasteiger partial charge in [0.25, 0.3) is 6.01 Å². The van der Waals surface area contributed by atoms with Gasteiger partial charge in [-0.15, -0.1) is 0 Å². The fourth-order valence-electron chi connectivity index (χ4n) is 1.47. The number of oxazole rings is 1. The molecule has 0 radical (unpaired) electrons. The van der Waals surface area contributed by atoms with Crippen LogP contribution in [0.3, 0.4) is 0 Å². The average Bonchev–Trinajstić information content (AvgIpc) is 2.82. The number of hydrogen-bond acceptors (Lipinski definition) is 5. The van der Waals surface area contributed by atoms with E-state index < -0.39 is 0 Å². The van der Waals surface area contributed by atoms with Crippen LogP contribution < -0.4 is 5.73 Å². The average molecular weight is 201 g/mol. The summed E-state index contributed by atoms with van der Waals surface area (Å²) >= 11 is 0. The predicted molar refractivity (Wildman–Crippen MR) is 53.9 cm³/mol. The van der Waals surface area contributed by atoms with E-state index in [1.807, 2.05) is 18.2 Å². The number of hydrogen-bond donors (Lipinski definition) is 1. The van der Waals surface area contributed by atoms with E-state index in [-0.39, 0.29) is 6.01 Å². The van der Waals surface area contributed by atoms with E-state index >= 15 is 0 Å². The number of anilines is 1. The quantitative estimate of drug-likeness (QED) is 0.651. The molecule has 1 aromatic carbocycles. The summed E-state index contributed by atoms with van der Waals surface area (Å²) in [4.78, 5) is 4.04. The summed E-state index contributed by atoms with van der Waals surface area (Å²) in [6.45, 7) is 0. The van der Waals surface area contributed by atoms with Crippen molar-refractivity contribution >= 4 is 17.1 Å². The summed E-state index contributed by atoms with van der Waals surface area (Å²) in [7, 11) is 0. The highest BCUT2D eigenvalue weighted by molar-refractivity contribution is 5.80. The summed E-state index contributed by atoms with van der Waals surface area (Å²) < 4.78 is 9.94. The second-order valence-corrected chi connectivity index (χ2v) is 3.15. The van der Waals surface area contributed by atoms with Crippen molar-refractivity contribution in [3.63, 3.8) is 0 Å². The van der Waals surface area contributed by atoms with Gasteiger partial charge in [-0.25, -0.2) is 0 Å². The smallest absolute Gasteiger partial charge is 0.292 e. The van der Waals surface area contributed by atoms with Crippen LogP contribution in [0, 0.1) is 0 Å². The van der Waals surface area contributed by atoms with E-state index in [1.165, 1.54) is 0 Å². The SMILES string of the molecule is Nc1nc2cc(-c3cnoc3)ccc2o1. The molecule has 0 fully saturated rings. The van der Waals surface area contributed by atoms with Gasteiger partial charge >= 0.3 is 0 Å². The number of fused-ring (bicyclic) bond motifs is 1. The van der Waals surface area contributed by atoms with Gasteiger partial charge in [-0.05, 0) is 17.7 Å². The van der Waals surface area contributed by atoms with Crippen molar-refractivity contribution in [3.05, 3.63) is 30.7 Å². The van der Waals surface area contributed by atoms with Crippen molar-refractivity contribution in [3.8, 4) is 11.1 Å². The third-order valence-corrected chi connectivity index (χ3v) is 2.17. The number of aromatic nitrogens is 2. The van der Waals surface area contributed by atoms with Crippen LogP contribution >= 0.6 is 0 Å². The number of nitrogen functional groups attached to an aromatic ring is 1. The molecule has 0 aliphatic carbocycles. The molecular formula is C10H7N3O2. The lowest BCUT2D eigenvalue weighted by atomic mass is 10.1. The number of nitrogens with two attached hydrogens (primary N) is 1. The van der Waals surface area contributed by atoms with E-state index in [0.717, 1.165) is 16.6 Å². The Bertz CT molecular complexity index is 598. The Morgan fingerprint density at radius 1 is 1.20 bits per heavy atom. The highest BCUT2D eigenvalue weighted by atomic mass is 16.5. The molecule has 2 N–H and O–H groups in total. The maximum absolute atomic E-state index is 5.45. The first-order chi connectivity index (χ1) is 7.33. The highest BCUT2D eigenvalue weighted by Gasteiger charge is 2.05. The van der Waals surface area contributed by atoms with Gasteiger partial charge in [0.2, 0.25) is 0 Å². The molecule has 15 heavy (non-hydrogen) atoms. The predicted octanol–water partition coefficient (Wildman–Crippen LogP) is 2.06. The lowest BCUT2D eigenvalue weighted by molar-refractivity contribution is 0.420. The molecule has 5 heteroatoms. The van der Waals surface area contributed by atoms with Crippen LogP contribution in [0.4, 0.5) is 6.01 Å². The van der Waals surface area contributed by atoms with Crippen molar-refractivity contribution in [2.24, 2.45) is 0 Å². The first-order valence-electron chi connectivity index (χ1n) is 4.39. The van der Waals surface area contributed by atoms with Crippen LogP contribution in [0.15, 0.2) is 39.6 Å². The topological polar surface area (TPSA) is 78.1 Å². The summed E-state index contributed by atoms with van der Waals surface area (Å²) in [6.07, 6.45) is 3.22. The fraction of sp³-hybridized carbons (Fsp3) is 0. The molecule has 0 spiro atoms. The molecule has 0 saturated carbocycles. The third-order valence-electron chi connectivity index (χ3n) is 2.17. The maximum Gasteiger partial charge on any atom is 0.292 e. The molecule has 74 valence electrons. The standard InChI is InChI=1S/C10H7N3O2/c11-10-13-8-3-6(1-2-9(8)15-10)7-4-12-14-5-7/h1-5H,(H2,11,13). The van der Waals surface area contributed by atoms with Gasteiger partial charge in [-0.2, -0.15) is 4.98 Å². The third kappa shape index (κ3) is 1.25. The number of benzene rings is 1. The number of rotatable bonds is 1. The van der Waals surface area contributed by atoms with Crippen LogP contribution in [0.2, 0.25) is 0 Å². The molecular weight excluding hydrogens is 194 g/mol. The van der Waals surface area contributed by atoms with Crippen LogP contribution in [-0.4, -0.2) is 10.1 Å². The van der Waals surface area contributed by atoms with Gasteiger partial charge < -0.3 is 14.7 Å². The molecule has 3 rings (SSSR count). The van der Waals surface area contributed by atoms with Gasteiger partial charge in [0, 0.05) is 5.56 Å².